The molecule has 0 aliphatic heterocycles. The van der Waals surface area contributed by atoms with Crippen LogP contribution in [-0.2, 0) is 13.0 Å². The average Bonchev–Trinajstić information content (AvgIpc) is 3.29. The summed E-state index contributed by atoms with van der Waals surface area (Å²) in [6.07, 6.45) is 6.56. The topological polar surface area (TPSA) is 15.3 Å². The minimum Gasteiger partial charge on any atom is -0.314 e. The van der Waals surface area contributed by atoms with E-state index in [-0.39, 0.29) is 0 Å². The minimum absolute atomic E-state index is 0.579. The van der Waals surface area contributed by atoms with Gasteiger partial charge < -0.3 is 5.32 Å². The lowest BCUT2D eigenvalue weighted by atomic mass is 10.1. The van der Waals surface area contributed by atoms with Gasteiger partial charge in [0.25, 0.3) is 0 Å². The molecule has 0 atom stereocenters. The summed E-state index contributed by atoms with van der Waals surface area (Å²) >= 11 is 0. The minimum atomic E-state index is 0.579. The monoisotopic (exact) mass is 288 g/mol. The van der Waals surface area contributed by atoms with E-state index in [1.165, 1.54) is 43.4 Å². The largest absolute Gasteiger partial charge is 0.314 e. The van der Waals surface area contributed by atoms with Gasteiger partial charge in [-0.3, -0.25) is 4.90 Å². The number of hydrogen-bond acceptors (Lipinski definition) is 2. The smallest absolute Gasteiger partial charge is 0.0236 e. The highest BCUT2D eigenvalue weighted by Crippen LogP contribution is 2.28. The van der Waals surface area contributed by atoms with E-state index in [9.17, 15) is 0 Å². The Kier molecular flexibility index (Phi) is 6.72. The van der Waals surface area contributed by atoms with Crippen LogP contribution in [0.4, 0.5) is 0 Å². The molecule has 0 unspecified atom stereocenters. The number of nitrogens with zero attached hydrogens (tertiary/aromatic N) is 1. The Hall–Kier alpha value is -0.860. The Morgan fingerprint density at radius 2 is 1.81 bits per heavy atom. The van der Waals surface area contributed by atoms with Gasteiger partial charge in [0.1, 0.15) is 0 Å². The SMILES string of the molecule is CCCCN(Cc1ccc(CCNC(C)C)cc1)C1CC1. The molecular weight excluding hydrogens is 256 g/mol. The molecule has 1 fully saturated rings. The number of hydrogen-bond donors (Lipinski definition) is 1. The maximum Gasteiger partial charge on any atom is 0.0236 e. The molecule has 1 saturated carbocycles. The van der Waals surface area contributed by atoms with Crippen LogP contribution in [0, 0.1) is 0 Å². The zero-order valence-corrected chi connectivity index (χ0v) is 14.1. The van der Waals surface area contributed by atoms with Crippen LogP contribution in [0.15, 0.2) is 24.3 Å². The van der Waals surface area contributed by atoms with Gasteiger partial charge in [-0.15, -0.1) is 0 Å². The highest BCUT2D eigenvalue weighted by molar-refractivity contribution is 5.23. The molecule has 1 N–H and O–H groups in total. The quantitative estimate of drug-likeness (QED) is 0.700. The second-order valence-corrected chi connectivity index (χ2v) is 6.73. The molecule has 0 aromatic heterocycles. The number of rotatable bonds is 10. The molecule has 2 heteroatoms. The van der Waals surface area contributed by atoms with Gasteiger partial charge in [-0.2, -0.15) is 0 Å². The lowest BCUT2D eigenvalue weighted by molar-refractivity contribution is 0.250. The van der Waals surface area contributed by atoms with Gasteiger partial charge in [-0.1, -0.05) is 51.5 Å². The molecule has 1 aromatic carbocycles. The Bertz CT molecular complexity index is 393. The molecule has 2 rings (SSSR count). The third kappa shape index (κ3) is 6.19. The Morgan fingerprint density at radius 3 is 2.38 bits per heavy atom. The van der Waals surface area contributed by atoms with Crippen LogP contribution in [-0.4, -0.2) is 30.1 Å². The van der Waals surface area contributed by atoms with Crippen molar-refractivity contribution in [3.63, 3.8) is 0 Å². The van der Waals surface area contributed by atoms with Crippen LogP contribution in [0.25, 0.3) is 0 Å². The van der Waals surface area contributed by atoms with Gasteiger partial charge in [0.05, 0.1) is 0 Å². The first-order valence-electron chi connectivity index (χ1n) is 8.74. The molecule has 0 heterocycles. The standard InChI is InChI=1S/C19H32N2/c1-4-5-14-21(19-10-11-19)15-18-8-6-17(7-9-18)12-13-20-16(2)3/h6-9,16,19-20H,4-5,10-15H2,1-3H3. The van der Waals surface area contributed by atoms with E-state index >= 15 is 0 Å². The van der Waals surface area contributed by atoms with Crippen LogP contribution < -0.4 is 5.32 Å². The summed E-state index contributed by atoms with van der Waals surface area (Å²) < 4.78 is 0. The van der Waals surface area contributed by atoms with E-state index in [4.69, 9.17) is 0 Å². The van der Waals surface area contributed by atoms with E-state index in [1.54, 1.807) is 0 Å². The maximum absolute atomic E-state index is 3.48. The molecule has 1 aliphatic rings. The Balaban J connectivity index is 1.80. The second kappa shape index (κ2) is 8.55. The van der Waals surface area contributed by atoms with E-state index < -0.39 is 0 Å². The lowest BCUT2D eigenvalue weighted by Gasteiger charge is -2.22. The number of unbranched alkanes of at least 4 members (excludes halogenated alkanes) is 1. The lowest BCUT2D eigenvalue weighted by Crippen LogP contribution is -2.26. The highest BCUT2D eigenvalue weighted by Gasteiger charge is 2.28. The summed E-state index contributed by atoms with van der Waals surface area (Å²) in [7, 11) is 0. The zero-order chi connectivity index (χ0) is 15.1. The van der Waals surface area contributed by atoms with Crippen molar-refractivity contribution in [1.82, 2.24) is 10.2 Å². The summed E-state index contributed by atoms with van der Waals surface area (Å²) in [5, 5.41) is 3.48. The average molecular weight is 288 g/mol. The van der Waals surface area contributed by atoms with E-state index in [0.29, 0.717) is 6.04 Å². The van der Waals surface area contributed by atoms with Gasteiger partial charge in [-0.25, -0.2) is 0 Å². The molecule has 1 aliphatic carbocycles. The second-order valence-electron chi connectivity index (χ2n) is 6.73. The molecule has 2 nitrogen and oxygen atoms in total. The van der Waals surface area contributed by atoms with E-state index in [2.05, 4.69) is 55.3 Å². The van der Waals surface area contributed by atoms with Crippen molar-refractivity contribution in [3.05, 3.63) is 35.4 Å². The van der Waals surface area contributed by atoms with Crippen LogP contribution in [0.1, 0.15) is 57.6 Å². The van der Waals surface area contributed by atoms with Gasteiger partial charge >= 0.3 is 0 Å². The molecular formula is C19H32N2. The number of nitrogens with one attached hydrogen (secondary N) is 1. The predicted molar refractivity (Wildman–Crippen MR) is 91.6 cm³/mol. The molecule has 1 aromatic rings. The van der Waals surface area contributed by atoms with Crippen molar-refractivity contribution in [2.45, 2.75) is 71.5 Å². The molecule has 21 heavy (non-hydrogen) atoms. The Morgan fingerprint density at radius 1 is 1.14 bits per heavy atom. The van der Waals surface area contributed by atoms with E-state index in [1.807, 2.05) is 0 Å². The summed E-state index contributed by atoms with van der Waals surface area (Å²) in [4.78, 5) is 2.68. The summed E-state index contributed by atoms with van der Waals surface area (Å²) in [6, 6.07) is 10.7. The van der Waals surface area contributed by atoms with Crippen LogP contribution in [0.3, 0.4) is 0 Å². The van der Waals surface area contributed by atoms with Crippen molar-refractivity contribution < 1.29 is 0 Å². The van der Waals surface area contributed by atoms with Gasteiger partial charge in [-0.05, 0) is 49.9 Å². The van der Waals surface area contributed by atoms with Gasteiger partial charge in [0, 0.05) is 18.6 Å². The van der Waals surface area contributed by atoms with Crippen LogP contribution in [0.2, 0.25) is 0 Å². The fraction of sp³-hybridized carbons (Fsp3) is 0.684. The molecule has 0 bridgehead atoms. The van der Waals surface area contributed by atoms with Crippen LogP contribution >= 0.6 is 0 Å². The summed E-state index contributed by atoms with van der Waals surface area (Å²) in [5.74, 6) is 0. The van der Waals surface area contributed by atoms with Gasteiger partial charge in [0.15, 0.2) is 0 Å². The van der Waals surface area contributed by atoms with Crippen LogP contribution in [0.5, 0.6) is 0 Å². The van der Waals surface area contributed by atoms with Crippen molar-refractivity contribution in [1.29, 1.82) is 0 Å². The molecule has 0 spiro atoms. The van der Waals surface area contributed by atoms with E-state index in [0.717, 1.165) is 25.6 Å². The normalized spacial score (nSPS) is 15.1. The Labute approximate surface area is 130 Å². The first kappa shape index (κ1) is 16.5. The van der Waals surface area contributed by atoms with Crippen molar-refractivity contribution in [2.75, 3.05) is 13.1 Å². The molecule has 118 valence electrons. The zero-order valence-electron chi connectivity index (χ0n) is 14.1. The highest BCUT2D eigenvalue weighted by atomic mass is 15.2. The predicted octanol–water partition coefficient (Wildman–Crippen LogP) is 3.99. The first-order chi connectivity index (χ1) is 10.2. The first-order valence-corrected chi connectivity index (χ1v) is 8.74. The van der Waals surface area contributed by atoms with Crippen molar-refractivity contribution in [3.8, 4) is 0 Å². The van der Waals surface area contributed by atoms with Gasteiger partial charge in [0.2, 0.25) is 0 Å². The third-order valence-electron chi connectivity index (χ3n) is 4.24. The van der Waals surface area contributed by atoms with Crippen molar-refractivity contribution in [2.24, 2.45) is 0 Å². The van der Waals surface area contributed by atoms with Crippen molar-refractivity contribution >= 4 is 0 Å². The number of benzene rings is 1. The maximum atomic E-state index is 3.48. The fourth-order valence-corrected chi connectivity index (χ4v) is 2.74. The molecule has 0 radical (unpaired) electrons. The fourth-order valence-electron chi connectivity index (χ4n) is 2.74. The summed E-state index contributed by atoms with van der Waals surface area (Å²) in [5.41, 5.74) is 2.91. The molecule has 0 saturated heterocycles. The molecule has 0 amide bonds. The summed E-state index contributed by atoms with van der Waals surface area (Å²) in [6.45, 7) is 10.2. The third-order valence-corrected chi connectivity index (χ3v) is 4.24.